The second-order valence-corrected chi connectivity index (χ2v) is 6.42. The molecule has 0 saturated carbocycles. The lowest BCUT2D eigenvalue weighted by atomic mass is 10.2. The third kappa shape index (κ3) is 3.09. The second-order valence-electron chi connectivity index (χ2n) is 5.27. The van der Waals surface area contributed by atoms with Crippen LogP contribution >= 0.6 is 11.8 Å². The number of amides is 1. The van der Waals surface area contributed by atoms with Crippen LogP contribution in [0.15, 0.2) is 30.5 Å². The van der Waals surface area contributed by atoms with Crippen LogP contribution in [0.4, 0.5) is 0 Å². The summed E-state index contributed by atoms with van der Waals surface area (Å²) in [4.78, 5) is 25.2. The van der Waals surface area contributed by atoms with Gasteiger partial charge >= 0.3 is 5.97 Å². The van der Waals surface area contributed by atoms with E-state index in [2.05, 4.69) is 5.10 Å². The molecule has 2 heterocycles. The number of aliphatic carboxylic acids is 1. The second kappa shape index (κ2) is 6.39. The third-order valence-corrected chi connectivity index (χ3v) is 4.89. The number of thioether (sulfide) groups is 1. The van der Waals surface area contributed by atoms with Crippen LogP contribution in [0.5, 0.6) is 0 Å². The Bertz CT molecular complexity index is 700. The minimum atomic E-state index is -0.866. The molecular formula is C15H17N3O3S. The van der Waals surface area contributed by atoms with E-state index >= 15 is 0 Å². The number of rotatable bonds is 4. The number of hydrogen-bond acceptors (Lipinski definition) is 4. The highest BCUT2D eigenvalue weighted by Gasteiger charge is 2.29. The minimum absolute atomic E-state index is 0.00139. The SMILES string of the molecule is O=C(O)CC1CSCCN1C(=O)Cn1ncc2ccccc21. The van der Waals surface area contributed by atoms with Gasteiger partial charge in [0.05, 0.1) is 24.2 Å². The van der Waals surface area contributed by atoms with Crippen molar-refractivity contribution in [3.8, 4) is 0 Å². The van der Waals surface area contributed by atoms with Crippen molar-refractivity contribution >= 4 is 34.5 Å². The van der Waals surface area contributed by atoms with Gasteiger partial charge in [-0.05, 0) is 6.07 Å². The van der Waals surface area contributed by atoms with Gasteiger partial charge in [0, 0.05) is 23.4 Å². The molecule has 1 fully saturated rings. The number of carbonyl (C=O) groups is 2. The van der Waals surface area contributed by atoms with E-state index in [1.165, 1.54) is 0 Å². The van der Waals surface area contributed by atoms with Crippen molar-refractivity contribution in [1.29, 1.82) is 0 Å². The van der Waals surface area contributed by atoms with Crippen LogP contribution in [0.3, 0.4) is 0 Å². The third-order valence-electron chi connectivity index (χ3n) is 3.79. The summed E-state index contributed by atoms with van der Waals surface area (Å²) in [7, 11) is 0. The average Bonchev–Trinajstić information content (AvgIpc) is 2.90. The number of para-hydroxylation sites is 1. The Morgan fingerprint density at radius 2 is 2.18 bits per heavy atom. The fraction of sp³-hybridized carbons (Fsp3) is 0.400. The van der Waals surface area contributed by atoms with E-state index in [9.17, 15) is 9.59 Å². The quantitative estimate of drug-likeness (QED) is 0.923. The van der Waals surface area contributed by atoms with E-state index in [-0.39, 0.29) is 24.9 Å². The Morgan fingerprint density at radius 1 is 1.36 bits per heavy atom. The monoisotopic (exact) mass is 319 g/mol. The zero-order valence-corrected chi connectivity index (χ0v) is 12.8. The Labute approximate surface area is 132 Å². The summed E-state index contributed by atoms with van der Waals surface area (Å²) in [5.41, 5.74) is 0.914. The molecule has 0 bridgehead atoms. The highest BCUT2D eigenvalue weighted by atomic mass is 32.2. The van der Waals surface area contributed by atoms with Crippen molar-refractivity contribution in [3.63, 3.8) is 0 Å². The summed E-state index contributed by atoms with van der Waals surface area (Å²) in [5.74, 6) is 0.592. The lowest BCUT2D eigenvalue weighted by Crippen LogP contribution is -2.48. The topological polar surface area (TPSA) is 75.4 Å². The van der Waals surface area contributed by atoms with Crippen molar-refractivity contribution in [1.82, 2.24) is 14.7 Å². The normalized spacial score (nSPS) is 18.5. The van der Waals surface area contributed by atoms with Gasteiger partial charge in [-0.15, -0.1) is 0 Å². The molecule has 7 heteroatoms. The highest BCUT2D eigenvalue weighted by Crippen LogP contribution is 2.20. The summed E-state index contributed by atoms with van der Waals surface area (Å²) < 4.78 is 1.68. The summed E-state index contributed by atoms with van der Waals surface area (Å²) >= 11 is 1.70. The summed E-state index contributed by atoms with van der Waals surface area (Å²) in [6, 6.07) is 7.49. The number of nitrogens with zero attached hydrogens (tertiary/aromatic N) is 3. The van der Waals surface area contributed by atoms with Gasteiger partial charge in [-0.3, -0.25) is 14.3 Å². The molecule has 1 aliphatic heterocycles. The first-order chi connectivity index (χ1) is 10.6. The number of benzene rings is 1. The molecule has 0 spiro atoms. The standard InChI is InChI=1S/C15H17N3O3S/c19-14(17-5-6-22-10-12(17)7-15(20)21)9-18-13-4-2-1-3-11(13)8-16-18/h1-4,8,12H,5-7,9-10H2,(H,20,21). The zero-order chi connectivity index (χ0) is 15.5. The molecule has 1 saturated heterocycles. The number of aromatic nitrogens is 2. The van der Waals surface area contributed by atoms with E-state index in [0.717, 1.165) is 16.7 Å². The summed E-state index contributed by atoms with van der Waals surface area (Å²) in [5, 5.41) is 14.3. The summed E-state index contributed by atoms with van der Waals surface area (Å²) in [6.07, 6.45) is 1.74. The maximum absolute atomic E-state index is 12.6. The lowest BCUT2D eigenvalue weighted by molar-refractivity contribution is -0.140. The molecule has 3 rings (SSSR count). The van der Waals surface area contributed by atoms with Crippen molar-refractivity contribution in [2.45, 2.75) is 19.0 Å². The Balaban J connectivity index is 1.76. The van der Waals surface area contributed by atoms with Gasteiger partial charge in [0.25, 0.3) is 0 Å². The van der Waals surface area contributed by atoms with Gasteiger partial charge < -0.3 is 10.0 Å². The van der Waals surface area contributed by atoms with Crippen molar-refractivity contribution in [2.24, 2.45) is 0 Å². The minimum Gasteiger partial charge on any atom is -0.481 e. The van der Waals surface area contributed by atoms with Gasteiger partial charge in [0.15, 0.2) is 0 Å². The van der Waals surface area contributed by atoms with E-state index in [1.807, 2.05) is 24.3 Å². The van der Waals surface area contributed by atoms with E-state index in [1.54, 1.807) is 27.5 Å². The molecule has 22 heavy (non-hydrogen) atoms. The van der Waals surface area contributed by atoms with Gasteiger partial charge in [0.2, 0.25) is 5.91 Å². The fourth-order valence-electron chi connectivity index (χ4n) is 2.72. The smallest absolute Gasteiger partial charge is 0.305 e. The molecule has 1 atom stereocenters. The fourth-order valence-corrected chi connectivity index (χ4v) is 3.79. The molecule has 1 aromatic heterocycles. The van der Waals surface area contributed by atoms with Gasteiger partial charge in [0.1, 0.15) is 6.54 Å². The van der Waals surface area contributed by atoms with Gasteiger partial charge in [-0.1, -0.05) is 18.2 Å². The number of carboxylic acids is 1. The lowest BCUT2D eigenvalue weighted by Gasteiger charge is -2.34. The molecule has 0 aliphatic carbocycles. The van der Waals surface area contributed by atoms with Crippen LogP contribution < -0.4 is 0 Å². The molecule has 0 radical (unpaired) electrons. The number of fused-ring (bicyclic) bond motifs is 1. The van der Waals surface area contributed by atoms with E-state index < -0.39 is 5.97 Å². The van der Waals surface area contributed by atoms with Crippen LogP contribution in [0.25, 0.3) is 10.9 Å². The predicted molar refractivity (Wildman–Crippen MR) is 84.8 cm³/mol. The van der Waals surface area contributed by atoms with Crippen LogP contribution in [-0.4, -0.2) is 55.8 Å². The first kappa shape index (κ1) is 14.9. The Hall–Kier alpha value is -2.02. The first-order valence-electron chi connectivity index (χ1n) is 7.14. The van der Waals surface area contributed by atoms with Crippen LogP contribution in [-0.2, 0) is 16.1 Å². The Morgan fingerprint density at radius 3 is 3.00 bits per heavy atom. The number of carbonyl (C=O) groups excluding carboxylic acids is 1. The molecule has 1 aromatic carbocycles. The maximum Gasteiger partial charge on any atom is 0.305 e. The highest BCUT2D eigenvalue weighted by molar-refractivity contribution is 7.99. The molecule has 2 aromatic rings. The molecule has 1 N–H and O–H groups in total. The molecule has 1 unspecified atom stereocenters. The van der Waals surface area contributed by atoms with Crippen molar-refractivity contribution in [2.75, 3.05) is 18.1 Å². The number of carboxylic acid groups (broad SMARTS) is 1. The Kier molecular flexibility index (Phi) is 4.33. The predicted octanol–water partition coefficient (Wildman–Crippen LogP) is 1.45. The summed E-state index contributed by atoms with van der Waals surface area (Å²) in [6.45, 7) is 0.745. The van der Waals surface area contributed by atoms with Crippen LogP contribution in [0.1, 0.15) is 6.42 Å². The average molecular weight is 319 g/mol. The van der Waals surface area contributed by atoms with Gasteiger partial charge in [-0.2, -0.15) is 16.9 Å². The number of hydrogen-bond donors (Lipinski definition) is 1. The molecular weight excluding hydrogens is 302 g/mol. The molecule has 6 nitrogen and oxygen atoms in total. The van der Waals surface area contributed by atoms with Crippen molar-refractivity contribution < 1.29 is 14.7 Å². The van der Waals surface area contributed by atoms with Gasteiger partial charge in [-0.25, -0.2) is 0 Å². The van der Waals surface area contributed by atoms with Crippen molar-refractivity contribution in [3.05, 3.63) is 30.5 Å². The maximum atomic E-state index is 12.6. The van der Waals surface area contributed by atoms with Crippen LogP contribution in [0.2, 0.25) is 0 Å². The molecule has 1 aliphatic rings. The molecule has 116 valence electrons. The zero-order valence-electron chi connectivity index (χ0n) is 12.0. The molecule has 1 amide bonds. The van der Waals surface area contributed by atoms with Crippen LogP contribution in [0, 0.1) is 0 Å². The first-order valence-corrected chi connectivity index (χ1v) is 8.30. The largest absolute Gasteiger partial charge is 0.481 e. The van der Waals surface area contributed by atoms with E-state index in [4.69, 9.17) is 5.11 Å². The van der Waals surface area contributed by atoms with E-state index in [0.29, 0.717) is 12.3 Å².